The Balaban J connectivity index is 0.00000408. The summed E-state index contributed by atoms with van der Waals surface area (Å²) < 4.78 is 43.2. The number of halogens is 4. The normalized spacial score (nSPS) is 15.7. The van der Waals surface area contributed by atoms with Crippen LogP contribution in [0.3, 0.4) is 0 Å². The Morgan fingerprint density at radius 1 is 1.15 bits per heavy atom. The Kier molecular flexibility index (Phi) is 9.45. The second-order valence-electron chi connectivity index (χ2n) is 8.51. The molecule has 0 saturated heterocycles. The molecule has 0 radical (unpaired) electrons. The van der Waals surface area contributed by atoms with Crippen molar-refractivity contribution in [2.24, 2.45) is 11.7 Å². The smallest absolute Gasteiger partial charge is 0.237 e. The number of hydrogen-bond acceptors (Lipinski definition) is 5. The Bertz CT molecular complexity index is 1030. The van der Waals surface area contributed by atoms with Crippen molar-refractivity contribution in [2.45, 2.75) is 65.2 Å². The molecule has 0 bridgehead atoms. The number of carbonyl (C=O) groups is 2. The Morgan fingerprint density at radius 3 is 2.50 bits per heavy atom. The molecule has 3 atom stereocenters. The van der Waals surface area contributed by atoms with E-state index in [-0.39, 0.29) is 49.2 Å². The Morgan fingerprint density at radius 2 is 1.82 bits per heavy atom. The average Bonchev–Trinajstić information content (AvgIpc) is 3.16. The van der Waals surface area contributed by atoms with Crippen LogP contribution in [-0.4, -0.2) is 50.1 Å². The molecule has 0 spiro atoms. The molecule has 1 aliphatic rings. The third kappa shape index (κ3) is 6.26. The molecule has 1 aromatic heterocycles. The molecule has 1 aromatic carbocycles. The fraction of sp³-hybridized carbons (Fsp3) is 0.545. The molecule has 0 aliphatic carbocycles. The second kappa shape index (κ2) is 11.7. The van der Waals surface area contributed by atoms with E-state index in [0.717, 1.165) is 11.9 Å². The minimum Gasteiger partial charge on any atom is -0.351 e. The van der Waals surface area contributed by atoms with Gasteiger partial charge < -0.3 is 20.5 Å². The van der Waals surface area contributed by atoms with Crippen LogP contribution in [0.2, 0.25) is 0 Å². The number of aromatic nitrogens is 3. The van der Waals surface area contributed by atoms with Crippen molar-refractivity contribution >= 4 is 24.2 Å². The van der Waals surface area contributed by atoms with Gasteiger partial charge in [-0.3, -0.25) is 9.59 Å². The zero-order valence-corrected chi connectivity index (χ0v) is 20.2. The minimum absolute atomic E-state index is 0. The number of benzene rings is 1. The summed E-state index contributed by atoms with van der Waals surface area (Å²) in [6, 6.07) is -0.481. The highest BCUT2D eigenvalue weighted by molar-refractivity contribution is 5.85. The summed E-state index contributed by atoms with van der Waals surface area (Å²) in [4.78, 5) is 27.3. The molecule has 188 valence electrons. The van der Waals surface area contributed by atoms with Gasteiger partial charge in [-0.1, -0.05) is 20.3 Å². The van der Waals surface area contributed by atoms with Crippen molar-refractivity contribution in [3.8, 4) is 0 Å². The molecular weight excluding hydrogens is 473 g/mol. The number of amides is 2. The molecule has 0 saturated carbocycles. The fourth-order valence-corrected chi connectivity index (χ4v) is 3.83. The zero-order valence-electron chi connectivity index (χ0n) is 19.4. The van der Waals surface area contributed by atoms with Gasteiger partial charge in [0.15, 0.2) is 17.5 Å². The molecule has 2 unspecified atom stereocenters. The maximum Gasteiger partial charge on any atom is 0.237 e. The Hall–Kier alpha value is -2.66. The summed E-state index contributed by atoms with van der Waals surface area (Å²) in [7, 11) is 0. The molecule has 1 aliphatic heterocycles. The molecule has 2 aromatic rings. The monoisotopic (exact) mass is 502 g/mol. The van der Waals surface area contributed by atoms with Crippen LogP contribution in [0.4, 0.5) is 13.2 Å². The lowest BCUT2D eigenvalue weighted by Crippen LogP contribution is -2.50. The van der Waals surface area contributed by atoms with E-state index in [1.54, 1.807) is 4.90 Å². The van der Waals surface area contributed by atoms with Crippen LogP contribution in [0.1, 0.15) is 43.9 Å². The topological polar surface area (TPSA) is 106 Å². The molecule has 2 amide bonds. The van der Waals surface area contributed by atoms with Gasteiger partial charge >= 0.3 is 0 Å². The lowest BCUT2D eigenvalue weighted by atomic mass is 9.97. The Labute approximate surface area is 202 Å². The molecule has 2 heterocycles. The lowest BCUT2D eigenvalue weighted by Gasteiger charge is -2.30. The largest absolute Gasteiger partial charge is 0.351 e. The van der Waals surface area contributed by atoms with E-state index in [1.807, 2.05) is 25.3 Å². The van der Waals surface area contributed by atoms with Crippen LogP contribution in [0.5, 0.6) is 0 Å². The van der Waals surface area contributed by atoms with Gasteiger partial charge in [0.1, 0.15) is 11.6 Å². The standard InChI is InChI=1S/C22H29F3N6O2.ClH/c1-4-12(2)21(26)22(33)27-15(7-14-8-17(24)18(25)10-16(14)23)9-20(32)30-5-6-31-13(3)28-29-19(31)11-30;/h8,10,12,15,21H,4-7,9,11,26H2,1-3H3,(H,27,33);1H/t12?,15-,21?;/m1./s1. The minimum atomic E-state index is -1.31. The summed E-state index contributed by atoms with van der Waals surface area (Å²) >= 11 is 0. The van der Waals surface area contributed by atoms with Gasteiger partial charge in [0.05, 0.1) is 12.6 Å². The highest BCUT2D eigenvalue weighted by Gasteiger charge is 2.29. The highest BCUT2D eigenvalue weighted by atomic mass is 35.5. The number of nitrogens with zero attached hydrogens (tertiary/aromatic N) is 4. The van der Waals surface area contributed by atoms with E-state index in [9.17, 15) is 22.8 Å². The van der Waals surface area contributed by atoms with E-state index in [1.165, 1.54) is 0 Å². The van der Waals surface area contributed by atoms with Crippen molar-refractivity contribution in [2.75, 3.05) is 6.54 Å². The zero-order chi connectivity index (χ0) is 24.3. The third-order valence-electron chi connectivity index (χ3n) is 6.17. The predicted octanol–water partition coefficient (Wildman–Crippen LogP) is 2.26. The van der Waals surface area contributed by atoms with E-state index >= 15 is 0 Å². The predicted molar refractivity (Wildman–Crippen MR) is 121 cm³/mol. The molecule has 34 heavy (non-hydrogen) atoms. The number of aryl methyl sites for hydroxylation is 1. The lowest BCUT2D eigenvalue weighted by molar-refractivity contribution is -0.133. The summed E-state index contributed by atoms with van der Waals surface area (Å²) in [5.74, 6) is -2.93. The van der Waals surface area contributed by atoms with E-state index < -0.39 is 35.4 Å². The van der Waals surface area contributed by atoms with Crippen molar-refractivity contribution in [1.29, 1.82) is 0 Å². The van der Waals surface area contributed by atoms with Gasteiger partial charge in [0.25, 0.3) is 0 Å². The second-order valence-corrected chi connectivity index (χ2v) is 8.51. The van der Waals surface area contributed by atoms with Gasteiger partial charge in [-0.25, -0.2) is 13.2 Å². The van der Waals surface area contributed by atoms with Crippen molar-refractivity contribution in [3.63, 3.8) is 0 Å². The number of carbonyl (C=O) groups excluding carboxylic acids is 2. The summed E-state index contributed by atoms with van der Waals surface area (Å²) in [6.07, 6.45) is 0.311. The van der Waals surface area contributed by atoms with Crippen molar-refractivity contribution in [3.05, 3.63) is 46.8 Å². The summed E-state index contributed by atoms with van der Waals surface area (Å²) in [5, 5.41) is 10.8. The average molecular weight is 503 g/mol. The third-order valence-corrected chi connectivity index (χ3v) is 6.17. The summed E-state index contributed by atoms with van der Waals surface area (Å²) in [5.41, 5.74) is 5.87. The van der Waals surface area contributed by atoms with Gasteiger partial charge in [-0.05, 0) is 30.9 Å². The first-order valence-electron chi connectivity index (χ1n) is 11.0. The first-order chi connectivity index (χ1) is 15.6. The van der Waals surface area contributed by atoms with E-state index in [2.05, 4.69) is 15.5 Å². The first kappa shape index (κ1) is 27.6. The van der Waals surface area contributed by atoms with E-state index in [4.69, 9.17) is 5.73 Å². The number of rotatable bonds is 8. The van der Waals surface area contributed by atoms with Crippen LogP contribution in [-0.2, 0) is 29.1 Å². The van der Waals surface area contributed by atoms with Gasteiger partial charge in [0, 0.05) is 31.6 Å². The molecule has 3 rings (SSSR count). The molecule has 0 fully saturated rings. The highest BCUT2D eigenvalue weighted by Crippen LogP contribution is 2.19. The van der Waals surface area contributed by atoms with Crippen LogP contribution < -0.4 is 11.1 Å². The first-order valence-corrected chi connectivity index (χ1v) is 11.0. The maximum absolute atomic E-state index is 14.3. The number of nitrogens with one attached hydrogen (secondary N) is 1. The fourth-order valence-electron chi connectivity index (χ4n) is 3.83. The van der Waals surface area contributed by atoms with Gasteiger partial charge in [-0.15, -0.1) is 22.6 Å². The van der Waals surface area contributed by atoms with Crippen LogP contribution in [0, 0.1) is 30.3 Å². The molecular formula is C22H30ClF3N6O2. The number of nitrogens with two attached hydrogens (primary N) is 1. The molecule has 3 N–H and O–H groups in total. The maximum atomic E-state index is 14.3. The quantitative estimate of drug-likeness (QED) is 0.539. The van der Waals surface area contributed by atoms with Gasteiger partial charge in [0.2, 0.25) is 11.8 Å². The number of hydrogen-bond donors (Lipinski definition) is 2. The van der Waals surface area contributed by atoms with Crippen molar-refractivity contribution < 1.29 is 22.8 Å². The molecule has 8 nitrogen and oxygen atoms in total. The summed E-state index contributed by atoms with van der Waals surface area (Å²) in [6.45, 7) is 6.77. The number of fused-ring (bicyclic) bond motifs is 1. The SMILES string of the molecule is CCC(C)C(N)C(=O)N[C@@H](CC(=O)N1CCn2c(C)nnc2C1)Cc1cc(F)c(F)cc1F.Cl. The van der Waals surface area contributed by atoms with Crippen LogP contribution in [0.25, 0.3) is 0 Å². The van der Waals surface area contributed by atoms with Crippen LogP contribution >= 0.6 is 12.4 Å². The van der Waals surface area contributed by atoms with E-state index in [0.29, 0.717) is 31.4 Å². The van der Waals surface area contributed by atoms with Gasteiger partial charge in [-0.2, -0.15) is 0 Å². The van der Waals surface area contributed by atoms with Crippen LogP contribution in [0.15, 0.2) is 12.1 Å². The molecule has 12 heteroatoms. The van der Waals surface area contributed by atoms with Crippen molar-refractivity contribution in [1.82, 2.24) is 25.0 Å².